The van der Waals surface area contributed by atoms with Gasteiger partial charge in [-0.05, 0) is 49.6 Å². The smallest absolute Gasteiger partial charge is 0.416 e. The van der Waals surface area contributed by atoms with Gasteiger partial charge in [0.2, 0.25) is 0 Å². The molecule has 0 aliphatic rings. The summed E-state index contributed by atoms with van der Waals surface area (Å²) in [6.07, 6.45) is 0.937. The van der Waals surface area contributed by atoms with Crippen LogP contribution in [0.5, 0.6) is 5.75 Å². The van der Waals surface area contributed by atoms with Gasteiger partial charge in [-0.25, -0.2) is 0 Å². The van der Waals surface area contributed by atoms with Crippen LogP contribution >= 0.6 is 0 Å². The molecule has 0 saturated heterocycles. The van der Waals surface area contributed by atoms with Gasteiger partial charge in [-0.2, -0.15) is 13.2 Å². The van der Waals surface area contributed by atoms with Crippen molar-refractivity contribution in [2.45, 2.75) is 51.6 Å². The van der Waals surface area contributed by atoms with Crippen LogP contribution in [0.25, 0.3) is 0 Å². The molecule has 0 spiro atoms. The Morgan fingerprint density at radius 3 is 2.27 bits per heavy atom. The second kappa shape index (κ2) is 13.0. The van der Waals surface area contributed by atoms with E-state index in [2.05, 4.69) is 36.2 Å². The second-order valence-corrected chi connectivity index (χ2v) is 9.13. The summed E-state index contributed by atoms with van der Waals surface area (Å²) in [6.45, 7) is 2.66. The monoisotopic (exact) mass is 571 g/mol. The van der Waals surface area contributed by atoms with E-state index >= 15 is 0 Å². The number of carbonyl (C=O) groups excluding carboxylic acids is 2. The fraction of sp³-hybridized carbons (Fsp3) is 0.346. The van der Waals surface area contributed by atoms with E-state index in [0.29, 0.717) is 31.7 Å². The first kappa shape index (κ1) is 29.2. The van der Waals surface area contributed by atoms with Gasteiger partial charge in [-0.15, -0.1) is 10.2 Å². The second-order valence-electron chi connectivity index (χ2n) is 9.13. The summed E-state index contributed by atoms with van der Waals surface area (Å²) in [7, 11) is 1.58. The minimum atomic E-state index is -4.49. The number of halogens is 3. The van der Waals surface area contributed by atoms with Crippen LogP contribution in [0.3, 0.4) is 0 Å². The molecule has 3 aromatic heterocycles. The zero-order valence-corrected chi connectivity index (χ0v) is 22.3. The van der Waals surface area contributed by atoms with Gasteiger partial charge in [0.05, 0.1) is 43.3 Å². The average molecular weight is 572 g/mol. The van der Waals surface area contributed by atoms with E-state index in [4.69, 9.17) is 4.74 Å². The van der Waals surface area contributed by atoms with E-state index in [1.807, 2.05) is 31.2 Å². The van der Waals surface area contributed by atoms with Crippen molar-refractivity contribution >= 4 is 11.8 Å². The van der Waals surface area contributed by atoms with Crippen LogP contribution in [0.4, 0.5) is 13.2 Å². The highest BCUT2D eigenvalue weighted by molar-refractivity contribution is 5.92. The fourth-order valence-corrected chi connectivity index (χ4v) is 3.85. The Kier molecular flexibility index (Phi) is 9.26. The molecule has 1 atom stereocenters. The molecule has 15 heteroatoms. The average Bonchev–Trinajstić information content (AvgIpc) is 3.64. The zero-order valence-electron chi connectivity index (χ0n) is 22.3. The summed E-state index contributed by atoms with van der Waals surface area (Å²) >= 11 is 0. The number of nitrogens with zero attached hydrogens (tertiary/aromatic N) is 7. The number of carbonyl (C=O) groups is 2. The van der Waals surface area contributed by atoms with Crippen LogP contribution in [0, 0.1) is 0 Å². The highest BCUT2D eigenvalue weighted by atomic mass is 19.4. The molecular formula is C26H28F3N9O3. The van der Waals surface area contributed by atoms with Crippen molar-refractivity contribution in [1.82, 2.24) is 45.6 Å². The molecule has 0 saturated carbocycles. The quantitative estimate of drug-likeness (QED) is 0.247. The number of aryl methyl sites for hydroxylation is 2. The number of amides is 2. The molecule has 0 aliphatic heterocycles. The summed E-state index contributed by atoms with van der Waals surface area (Å²) in [5.41, 5.74) is 0.360. The first-order valence-corrected chi connectivity index (χ1v) is 12.7. The summed E-state index contributed by atoms with van der Waals surface area (Å²) in [4.78, 5) is 28.8. The number of hydrogen-bond donors (Lipinski definition) is 2. The number of ether oxygens (including phenoxy) is 1. The topological polar surface area (TPSA) is 142 Å². The summed E-state index contributed by atoms with van der Waals surface area (Å²) in [5, 5.41) is 21.1. The Morgan fingerprint density at radius 1 is 0.976 bits per heavy atom. The first-order chi connectivity index (χ1) is 19.6. The number of nitrogens with one attached hydrogen (secondary N) is 2. The van der Waals surface area contributed by atoms with Crippen molar-refractivity contribution in [3.05, 3.63) is 83.2 Å². The molecule has 4 rings (SSSR count). The lowest BCUT2D eigenvalue weighted by atomic mass is 10.1. The van der Waals surface area contributed by atoms with Gasteiger partial charge in [0, 0.05) is 19.3 Å². The van der Waals surface area contributed by atoms with Crippen LogP contribution in [0.2, 0.25) is 0 Å². The lowest BCUT2D eigenvalue weighted by Crippen LogP contribution is -2.27. The van der Waals surface area contributed by atoms with Crippen molar-refractivity contribution in [2.75, 3.05) is 7.11 Å². The van der Waals surface area contributed by atoms with E-state index in [0.717, 1.165) is 23.9 Å². The van der Waals surface area contributed by atoms with Gasteiger partial charge in [-0.1, -0.05) is 22.6 Å². The molecule has 0 fully saturated rings. The third kappa shape index (κ3) is 8.09. The largest absolute Gasteiger partial charge is 0.497 e. The van der Waals surface area contributed by atoms with Gasteiger partial charge in [-0.3, -0.25) is 23.9 Å². The molecule has 0 bridgehead atoms. The number of methoxy groups -OCH3 is 1. The van der Waals surface area contributed by atoms with Crippen LogP contribution in [0.1, 0.15) is 63.6 Å². The highest BCUT2D eigenvalue weighted by Gasteiger charge is 2.30. The van der Waals surface area contributed by atoms with Crippen LogP contribution in [0.15, 0.2) is 55.0 Å². The van der Waals surface area contributed by atoms with Crippen molar-refractivity contribution < 1.29 is 27.5 Å². The predicted molar refractivity (Wildman–Crippen MR) is 139 cm³/mol. The molecule has 2 amide bonds. The molecule has 0 radical (unpaired) electrons. The molecule has 12 nitrogen and oxygen atoms in total. The van der Waals surface area contributed by atoms with Crippen molar-refractivity contribution in [3.8, 4) is 5.75 Å². The predicted octanol–water partition coefficient (Wildman–Crippen LogP) is 3.19. The molecule has 1 aromatic carbocycles. The Hall–Kier alpha value is -4.82. The number of rotatable bonds is 12. The van der Waals surface area contributed by atoms with E-state index < -0.39 is 17.6 Å². The van der Waals surface area contributed by atoms with Gasteiger partial charge in [0.25, 0.3) is 11.8 Å². The fourth-order valence-electron chi connectivity index (χ4n) is 3.85. The number of benzene rings is 1. The minimum Gasteiger partial charge on any atom is -0.497 e. The highest BCUT2D eigenvalue weighted by Crippen LogP contribution is 2.29. The van der Waals surface area contributed by atoms with Crippen molar-refractivity contribution in [2.24, 2.45) is 0 Å². The van der Waals surface area contributed by atoms with Crippen LogP contribution < -0.4 is 15.4 Å². The molecule has 0 aliphatic carbocycles. The third-order valence-corrected chi connectivity index (χ3v) is 6.08. The Bertz CT molecular complexity index is 1490. The molecule has 216 valence electrons. The molecular weight excluding hydrogens is 543 g/mol. The Labute approximate surface area is 232 Å². The lowest BCUT2D eigenvalue weighted by molar-refractivity contribution is -0.137. The molecule has 3 heterocycles. The maximum Gasteiger partial charge on any atom is 0.416 e. The van der Waals surface area contributed by atoms with Crippen molar-refractivity contribution in [3.63, 3.8) is 0 Å². The van der Waals surface area contributed by atoms with E-state index in [1.165, 1.54) is 10.9 Å². The first-order valence-electron chi connectivity index (χ1n) is 12.7. The standard InChI is InChI=1S/C26H28F3N9O3/c1-17(18-6-5-7-21(12-18)41-2)32-25(40)23-16-38(36-34-23)11-4-3-10-37-15-22(33-35-37)24(39)31-14-20-13-19(8-9-30-20)26(27,28)29/h5-9,12-13,15-17H,3-4,10-11,14H2,1-2H3,(H,31,39)(H,32,40). The van der Waals surface area contributed by atoms with Gasteiger partial charge < -0.3 is 15.4 Å². The van der Waals surface area contributed by atoms with Gasteiger partial charge in [0.15, 0.2) is 11.4 Å². The summed E-state index contributed by atoms with van der Waals surface area (Å²) < 4.78 is 46.8. The van der Waals surface area contributed by atoms with Gasteiger partial charge >= 0.3 is 6.18 Å². The van der Waals surface area contributed by atoms with E-state index in [-0.39, 0.29) is 35.6 Å². The van der Waals surface area contributed by atoms with Crippen molar-refractivity contribution in [1.29, 1.82) is 0 Å². The molecule has 1 unspecified atom stereocenters. The maximum atomic E-state index is 12.8. The SMILES string of the molecule is COc1cccc(C(C)NC(=O)c2cn(CCCCn3cc(C(=O)NCc4cc(C(F)(F)F)ccn4)nn3)nn2)c1. The Balaban J connectivity index is 1.19. The number of aromatic nitrogens is 7. The Morgan fingerprint density at radius 2 is 1.63 bits per heavy atom. The van der Waals surface area contributed by atoms with Gasteiger partial charge in [0.1, 0.15) is 5.75 Å². The number of alkyl halides is 3. The zero-order chi connectivity index (χ0) is 29.4. The lowest BCUT2D eigenvalue weighted by Gasteiger charge is -2.14. The van der Waals surface area contributed by atoms with E-state index in [9.17, 15) is 22.8 Å². The molecule has 41 heavy (non-hydrogen) atoms. The third-order valence-electron chi connectivity index (χ3n) is 6.08. The minimum absolute atomic E-state index is 0.0343. The normalized spacial score (nSPS) is 12.1. The van der Waals surface area contributed by atoms with E-state index in [1.54, 1.807) is 18.0 Å². The number of hydrogen-bond acceptors (Lipinski definition) is 8. The molecule has 2 N–H and O–H groups in total. The van der Waals surface area contributed by atoms with Crippen LogP contribution in [-0.2, 0) is 25.8 Å². The summed E-state index contributed by atoms with van der Waals surface area (Å²) in [6, 6.07) is 8.91. The van der Waals surface area contributed by atoms with Crippen LogP contribution in [-0.4, -0.2) is 53.9 Å². The molecule has 4 aromatic rings. The number of pyridine rings is 1. The number of unbranched alkanes of at least 4 members (excludes halogenated alkanes) is 1. The maximum absolute atomic E-state index is 12.8. The summed E-state index contributed by atoms with van der Waals surface area (Å²) in [5.74, 6) is -0.222.